The Hall–Kier alpha value is -7.68. The highest BCUT2D eigenvalue weighted by atomic mass is 16.4. The van der Waals surface area contributed by atoms with Crippen molar-refractivity contribution in [3.63, 3.8) is 0 Å². The van der Waals surface area contributed by atoms with E-state index >= 15 is 0 Å². The SMILES string of the molecule is c1ccc(C2(c3ccccc3)c3ccccc3-c3ccc(-c4c5ccccc5c(-c5ccc6oc7c(ccc8c9ccccc9oc87)c6c5)c5ccccc45)cc32)cc1. The lowest BCUT2D eigenvalue weighted by molar-refractivity contribution is 0.633. The molecule has 10 aromatic carbocycles. The minimum absolute atomic E-state index is 0.479. The van der Waals surface area contributed by atoms with Crippen molar-refractivity contribution in [1.82, 2.24) is 0 Å². The van der Waals surface area contributed by atoms with Crippen LogP contribution in [0.3, 0.4) is 0 Å². The monoisotopic (exact) mass is 750 g/mol. The standard InChI is InChI=1S/C57H34O2/c1-3-15-37(16-4-1)57(38-17-5-2-6-18-38)49-25-13-11-19-39(49)40-29-27-36(34-50(40)57)54-44-23-9-7-21-42(44)53(43-22-8-10-24-45(43)54)35-28-32-52-48(33-35)47-31-30-46-41-20-12-14-26-51(41)58-55(46)56(47)59-52/h1-34H. The molecule has 13 rings (SSSR count). The highest BCUT2D eigenvalue weighted by molar-refractivity contribution is 6.23. The fraction of sp³-hybridized carbons (Fsp3) is 0.0175. The Bertz CT molecular complexity index is 3570. The molecule has 2 aromatic heterocycles. The molecule has 1 aliphatic rings. The van der Waals surface area contributed by atoms with E-state index in [0.29, 0.717) is 0 Å². The molecule has 0 radical (unpaired) electrons. The Morgan fingerprint density at radius 1 is 0.288 bits per heavy atom. The normalized spacial score (nSPS) is 13.2. The third kappa shape index (κ3) is 4.40. The summed E-state index contributed by atoms with van der Waals surface area (Å²) in [7, 11) is 0. The van der Waals surface area contributed by atoms with Crippen molar-refractivity contribution in [3.05, 3.63) is 229 Å². The summed E-state index contributed by atoms with van der Waals surface area (Å²) >= 11 is 0. The summed E-state index contributed by atoms with van der Waals surface area (Å²) in [6.45, 7) is 0. The Kier molecular flexibility index (Phi) is 6.68. The molecule has 59 heavy (non-hydrogen) atoms. The molecular weight excluding hydrogens is 717 g/mol. The first-order valence-corrected chi connectivity index (χ1v) is 20.3. The van der Waals surface area contributed by atoms with E-state index in [2.05, 4.69) is 194 Å². The van der Waals surface area contributed by atoms with Gasteiger partial charge in [-0.2, -0.15) is 0 Å². The molecule has 0 unspecified atom stereocenters. The first-order chi connectivity index (χ1) is 29.3. The minimum atomic E-state index is -0.479. The van der Waals surface area contributed by atoms with Gasteiger partial charge in [0.15, 0.2) is 11.2 Å². The predicted octanol–water partition coefficient (Wildman–Crippen LogP) is 15.5. The van der Waals surface area contributed by atoms with Crippen LogP contribution in [0.5, 0.6) is 0 Å². The van der Waals surface area contributed by atoms with E-state index < -0.39 is 5.41 Å². The summed E-state index contributed by atoms with van der Waals surface area (Å²) < 4.78 is 13.0. The second-order valence-corrected chi connectivity index (χ2v) is 15.9. The fourth-order valence-electron chi connectivity index (χ4n) is 10.5. The first-order valence-electron chi connectivity index (χ1n) is 20.3. The smallest absolute Gasteiger partial charge is 0.178 e. The number of fused-ring (bicyclic) bond motifs is 12. The molecule has 0 saturated heterocycles. The van der Waals surface area contributed by atoms with Crippen LogP contribution < -0.4 is 0 Å². The number of hydrogen-bond acceptors (Lipinski definition) is 2. The second-order valence-electron chi connectivity index (χ2n) is 15.9. The summed E-state index contributed by atoms with van der Waals surface area (Å²) in [4.78, 5) is 0. The topological polar surface area (TPSA) is 26.3 Å². The zero-order valence-corrected chi connectivity index (χ0v) is 31.9. The Labute approximate surface area is 340 Å². The molecule has 0 atom stereocenters. The highest BCUT2D eigenvalue weighted by Crippen LogP contribution is 2.57. The van der Waals surface area contributed by atoms with Gasteiger partial charge < -0.3 is 8.83 Å². The van der Waals surface area contributed by atoms with Gasteiger partial charge in [0, 0.05) is 21.5 Å². The van der Waals surface area contributed by atoms with Crippen molar-refractivity contribution < 1.29 is 8.83 Å². The predicted molar refractivity (Wildman–Crippen MR) is 244 cm³/mol. The molecule has 0 spiro atoms. The van der Waals surface area contributed by atoms with E-state index in [-0.39, 0.29) is 0 Å². The number of furan rings is 2. The molecule has 2 nitrogen and oxygen atoms in total. The van der Waals surface area contributed by atoms with Crippen LogP contribution in [0.2, 0.25) is 0 Å². The zero-order valence-electron chi connectivity index (χ0n) is 31.9. The van der Waals surface area contributed by atoms with Gasteiger partial charge >= 0.3 is 0 Å². The van der Waals surface area contributed by atoms with E-state index in [0.717, 1.165) is 49.4 Å². The number of benzene rings is 10. The Balaban J connectivity index is 1.07. The van der Waals surface area contributed by atoms with E-state index in [4.69, 9.17) is 8.83 Å². The van der Waals surface area contributed by atoms with Gasteiger partial charge in [-0.05, 0) is 114 Å². The second kappa shape index (κ2) is 12.2. The fourth-order valence-corrected chi connectivity index (χ4v) is 10.5. The van der Waals surface area contributed by atoms with E-state index in [9.17, 15) is 0 Å². The van der Waals surface area contributed by atoms with Crippen LogP contribution in [0.4, 0.5) is 0 Å². The highest BCUT2D eigenvalue weighted by Gasteiger charge is 2.46. The van der Waals surface area contributed by atoms with Gasteiger partial charge in [-0.1, -0.05) is 170 Å². The van der Waals surface area contributed by atoms with Crippen LogP contribution in [-0.2, 0) is 5.41 Å². The molecule has 0 saturated carbocycles. The lowest BCUT2D eigenvalue weighted by Crippen LogP contribution is -2.28. The minimum Gasteiger partial charge on any atom is -0.452 e. The first kappa shape index (κ1) is 32.4. The summed E-state index contributed by atoms with van der Waals surface area (Å²) in [5, 5.41) is 9.18. The Morgan fingerprint density at radius 3 is 1.37 bits per heavy atom. The van der Waals surface area contributed by atoms with Gasteiger partial charge in [0.05, 0.1) is 5.41 Å². The zero-order chi connectivity index (χ0) is 38.7. The van der Waals surface area contributed by atoms with Crippen molar-refractivity contribution in [3.8, 4) is 33.4 Å². The van der Waals surface area contributed by atoms with Gasteiger partial charge in [-0.3, -0.25) is 0 Å². The van der Waals surface area contributed by atoms with Crippen LogP contribution in [0.1, 0.15) is 22.3 Å². The van der Waals surface area contributed by atoms with Gasteiger partial charge in [-0.15, -0.1) is 0 Å². The van der Waals surface area contributed by atoms with Gasteiger partial charge in [0.2, 0.25) is 0 Å². The lowest BCUT2D eigenvalue weighted by Gasteiger charge is -2.34. The third-order valence-electron chi connectivity index (χ3n) is 13.0. The summed E-state index contributed by atoms with van der Waals surface area (Å²) in [5.74, 6) is 0. The Morgan fingerprint density at radius 2 is 0.746 bits per heavy atom. The van der Waals surface area contributed by atoms with E-state index in [1.807, 2.05) is 12.1 Å². The van der Waals surface area contributed by atoms with Crippen molar-refractivity contribution in [1.29, 1.82) is 0 Å². The molecule has 0 bridgehead atoms. The average Bonchev–Trinajstić information content (AvgIpc) is 3.97. The molecular formula is C57H34O2. The maximum absolute atomic E-state index is 6.58. The van der Waals surface area contributed by atoms with Gasteiger partial charge in [0.25, 0.3) is 0 Å². The van der Waals surface area contributed by atoms with Gasteiger partial charge in [0.1, 0.15) is 11.2 Å². The number of hydrogen-bond donors (Lipinski definition) is 0. The van der Waals surface area contributed by atoms with Crippen LogP contribution in [-0.4, -0.2) is 0 Å². The molecule has 0 amide bonds. The van der Waals surface area contributed by atoms with Crippen LogP contribution >= 0.6 is 0 Å². The number of rotatable bonds is 4. The van der Waals surface area contributed by atoms with E-state index in [1.54, 1.807) is 0 Å². The van der Waals surface area contributed by atoms with Gasteiger partial charge in [-0.25, -0.2) is 0 Å². The molecule has 0 aliphatic heterocycles. The van der Waals surface area contributed by atoms with Crippen LogP contribution in [0, 0.1) is 0 Å². The largest absolute Gasteiger partial charge is 0.452 e. The van der Waals surface area contributed by atoms with Crippen LogP contribution in [0.15, 0.2) is 215 Å². The van der Waals surface area contributed by atoms with Crippen LogP contribution in [0.25, 0.3) is 98.8 Å². The number of para-hydroxylation sites is 1. The van der Waals surface area contributed by atoms with E-state index in [1.165, 1.54) is 71.6 Å². The molecule has 0 N–H and O–H groups in total. The lowest BCUT2D eigenvalue weighted by atomic mass is 9.67. The van der Waals surface area contributed by atoms with Crippen molar-refractivity contribution in [2.75, 3.05) is 0 Å². The molecule has 12 aromatic rings. The average molecular weight is 751 g/mol. The van der Waals surface area contributed by atoms with Crippen molar-refractivity contribution in [2.45, 2.75) is 5.41 Å². The maximum atomic E-state index is 6.58. The summed E-state index contributed by atoms with van der Waals surface area (Å²) in [5.41, 5.74) is 15.4. The summed E-state index contributed by atoms with van der Waals surface area (Å²) in [6, 6.07) is 75.4. The molecule has 2 heterocycles. The third-order valence-corrected chi connectivity index (χ3v) is 13.0. The quantitative estimate of drug-likeness (QED) is 0.167. The van der Waals surface area contributed by atoms with Crippen molar-refractivity contribution >= 4 is 65.4 Å². The molecule has 0 fully saturated rings. The molecule has 2 heteroatoms. The molecule has 274 valence electrons. The van der Waals surface area contributed by atoms with Crippen molar-refractivity contribution in [2.24, 2.45) is 0 Å². The molecule has 1 aliphatic carbocycles. The maximum Gasteiger partial charge on any atom is 0.178 e. The summed E-state index contributed by atoms with van der Waals surface area (Å²) in [6.07, 6.45) is 0.